The van der Waals surface area contributed by atoms with Crippen LogP contribution in [-0.2, 0) is 16.1 Å². The van der Waals surface area contributed by atoms with E-state index in [1.165, 1.54) is 0 Å². The van der Waals surface area contributed by atoms with Gasteiger partial charge in [-0.3, -0.25) is 4.79 Å². The Morgan fingerprint density at radius 2 is 1.92 bits per heavy atom. The van der Waals surface area contributed by atoms with Crippen LogP contribution in [0.3, 0.4) is 0 Å². The fourth-order valence-electron chi connectivity index (χ4n) is 2.20. The highest BCUT2D eigenvalue weighted by Crippen LogP contribution is 2.27. The Labute approximate surface area is 142 Å². The minimum absolute atomic E-state index is 0.0949. The largest absolute Gasteiger partial charge is 0.493 e. The van der Waals surface area contributed by atoms with E-state index in [0.717, 1.165) is 16.8 Å². The van der Waals surface area contributed by atoms with Gasteiger partial charge < -0.3 is 19.5 Å². The number of carbonyl (C=O) groups excluding carboxylic acids is 1. The number of anilines is 1. The zero-order chi connectivity index (χ0) is 17.4. The van der Waals surface area contributed by atoms with Gasteiger partial charge in [0.05, 0.1) is 13.7 Å². The highest BCUT2D eigenvalue weighted by atomic mass is 16.5. The van der Waals surface area contributed by atoms with Crippen LogP contribution in [0.5, 0.6) is 11.5 Å². The van der Waals surface area contributed by atoms with Gasteiger partial charge in [0.2, 0.25) is 0 Å². The molecule has 1 N–H and O–H groups in total. The number of carbonyl (C=O) groups is 1. The monoisotopic (exact) mass is 329 g/mol. The van der Waals surface area contributed by atoms with Gasteiger partial charge in [0.25, 0.3) is 5.91 Å². The average molecular weight is 329 g/mol. The van der Waals surface area contributed by atoms with E-state index < -0.39 is 0 Å². The molecule has 0 heterocycles. The van der Waals surface area contributed by atoms with Gasteiger partial charge in [-0.1, -0.05) is 24.3 Å². The summed E-state index contributed by atoms with van der Waals surface area (Å²) >= 11 is 0. The molecule has 2 aromatic rings. The first-order valence-corrected chi connectivity index (χ1v) is 7.87. The second kappa shape index (κ2) is 8.93. The smallest absolute Gasteiger partial charge is 0.262 e. The molecule has 0 saturated heterocycles. The van der Waals surface area contributed by atoms with Gasteiger partial charge in [-0.2, -0.15) is 0 Å². The van der Waals surface area contributed by atoms with E-state index in [4.69, 9.17) is 14.2 Å². The summed E-state index contributed by atoms with van der Waals surface area (Å²) in [6, 6.07) is 13.1. The maximum Gasteiger partial charge on any atom is 0.262 e. The van der Waals surface area contributed by atoms with E-state index in [2.05, 4.69) is 5.32 Å². The Kier molecular flexibility index (Phi) is 6.63. The summed E-state index contributed by atoms with van der Waals surface area (Å²) in [7, 11) is 1.58. The quantitative estimate of drug-likeness (QED) is 0.804. The SMILES string of the molecule is CCOCc1ccccc1NC(=O)COc1ccc(C)cc1OC. The molecule has 2 aromatic carbocycles. The fraction of sp³-hybridized carbons (Fsp3) is 0.316. The first-order chi connectivity index (χ1) is 11.6. The van der Waals surface area contributed by atoms with Crippen molar-refractivity contribution in [3.05, 3.63) is 53.6 Å². The molecule has 0 radical (unpaired) electrons. The third kappa shape index (κ3) is 4.99. The van der Waals surface area contributed by atoms with Crippen molar-refractivity contribution >= 4 is 11.6 Å². The van der Waals surface area contributed by atoms with Crippen molar-refractivity contribution in [3.63, 3.8) is 0 Å². The number of methoxy groups -OCH3 is 1. The third-order valence-corrected chi connectivity index (χ3v) is 3.43. The predicted molar refractivity (Wildman–Crippen MR) is 93.6 cm³/mol. The highest BCUT2D eigenvalue weighted by Gasteiger charge is 2.10. The van der Waals surface area contributed by atoms with Crippen LogP contribution in [0.25, 0.3) is 0 Å². The first-order valence-electron chi connectivity index (χ1n) is 7.87. The maximum absolute atomic E-state index is 12.2. The molecular formula is C19H23NO4. The number of benzene rings is 2. The van der Waals surface area contributed by atoms with E-state index in [-0.39, 0.29) is 12.5 Å². The second-order valence-electron chi connectivity index (χ2n) is 5.29. The number of rotatable bonds is 8. The number of para-hydroxylation sites is 1. The van der Waals surface area contributed by atoms with Crippen molar-refractivity contribution in [2.75, 3.05) is 25.6 Å². The molecule has 0 fully saturated rings. The molecule has 1 amide bonds. The Balaban J connectivity index is 1.97. The van der Waals surface area contributed by atoms with Crippen molar-refractivity contribution in [1.29, 1.82) is 0 Å². The van der Waals surface area contributed by atoms with Gasteiger partial charge in [-0.25, -0.2) is 0 Å². The molecule has 5 nitrogen and oxygen atoms in total. The fourth-order valence-corrected chi connectivity index (χ4v) is 2.20. The van der Waals surface area contributed by atoms with Crippen LogP contribution in [0.1, 0.15) is 18.1 Å². The number of hydrogen-bond donors (Lipinski definition) is 1. The van der Waals surface area contributed by atoms with E-state index >= 15 is 0 Å². The van der Waals surface area contributed by atoms with E-state index in [1.807, 2.05) is 50.2 Å². The van der Waals surface area contributed by atoms with Crippen molar-refractivity contribution in [2.45, 2.75) is 20.5 Å². The topological polar surface area (TPSA) is 56.8 Å². The zero-order valence-electron chi connectivity index (χ0n) is 14.3. The lowest BCUT2D eigenvalue weighted by Crippen LogP contribution is -2.21. The summed E-state index contributed by atoms with van der Waals surface area (Å²) in [5, 5.41) is 2.85. The zero-order valence-corrected chi connectivity index (χ0v) is 14.3. The van der Waals surface area contributed by atoms with Crippen molar-refractivity contribution in [3.8, 4) is 11.5 Å². The first kappa shape index (κ1) is 17.8. The number of aryl methyl sites for hydroxylation is 1. The van der Waals surface area contributed by atoms with E-state index in [1.54, 1.807) is 13.2 Å². The Morgan fingerprint density at radius 1 is 1.12 bits per heavy atom. The van der Waals surface area contributed by atoms with Crippen molar-refractivity contribution < 1.29 is 19.0 Å². The molecule has 0 bridgehead atoms. The van der Waals surface area contributed by atoms with Crippen LogP contribution in [0.4, 0.5) is 5.69 Å². The lowest BCUT2D eigenvalue weighted by Gasteiger charge is -2.13. The van der Waals surface area contributed by atoms with Crippen LogP contribution in [0, 0.1) is 6.92 Å². The molecule has 0 aliphatic rings. The van der Waals surface area contributed by atoms with Gasteiger partial charge in [-0.15, -0.1) is 0 Å². The van der Waals surface area contributed by atoms with Gasteiger partial charge in [-0.05, 0) is 37.6 Å². The van der Waals surface area contributed by atoms with Crippen LogP contribution in [0.15, 0.2) is 42.5 Å². The summed E-state index contributed by atoms with van der Waals surface area (Å²) in [6.07, 6.45) is 0. The predicted octanol–water partition coefficient (Wildman–Crippen LogP) is 3.56. The standard InChI is InChI=1S/C19H23NO4/c1-4-23-12-15-7-5-6-8-16(15)20-19(21)13-24-17-10-9-14(2)11-18(17)22-3/h5-11H,4,12-13H2,1-3H3,(H,20,21). The molecule has 0 aliphatic heterocycles. The minimum Gasteiger partial charge on any atom is -0.493 e. The molecule has 128 valence electrons. The molecule has 24 heavy (non-hydrogen) atoms. The van der Waals surface area contributed by atoms with Gasteiger partial charge in [0.1, 0.15) is 0 Å². The third-order valence-electron chi connectivity index (χ3n) is 3.43. The molecular weight excluding hydrogens is 306 g/mol. The molecule has 0 atom stereocenters. The molecule has 5 heteroatoms. The van der Waals surface area contributed by atoms with Gasteiger partial charge >= 0.3 is 0 Å². The Hall–Kier alpha value is -2.53. The van der Waals surface area contributed by atoms with Crippen molar-refractivity contribution in [1.82, 2.24) is 0 Å². The van der Waals surface area contributed by atoms with Crippen LogP contribution >= 0.6 is 0 Å². The number of ether oxygens (including phenoxy) is 3. The Bertz CT molecular complexity index is 685. The molecule has 0 aromatic heterocycles. The average Bonchev–Trinajstić information content (AvgIpc) is 2.59. The highest BCUT2D eigenvalue weighted by molar-refractivity contribution is 5.92. The van der Waals surface area contributed by atoms with Crippen molar-refractivity contribution in [2.24, 2.45) is 0 Å². The molecule has 0 unspecified atom stereocenters. The number of nitrogens with one attached hydrogen (secondary N) is 1. The normalized spacial score (nSPS) is 10.3. The van der Waals surface area contributed by atoms with Gasteiger partial charge in [0, 0.05) is 17.9 Å². The van der Waals surface area contributed by atoms with Gasteiger partial charge in [0.15, 0.2) is 18.1 Å². The summed E-state index contributed by atoms with van der Waals surface area (Å²) in [6.45, 7) is 4.89. The lowest BCUT2D eigenvalue weighted by molar-refractivity contribution is -0.118. The summed E-state index contributed by atoms with van der Waals surface area (Å²) < 4.78 is 16.3. The second-order valence-corrected chi connectivity index (χ2v) is 5.29. The lowest BCUT2D eigenvalue weighted by atomic mass is 10.2. The summed E-state index contributed by atoms with van der Waals surface area (Å²) in [5.41, 5.74) is 2.73. The molecule has 2 rings (SSSR count). The number of amides is 1. The Morgan fingerprint density at radius 3 is 2.67 bits per heavy atom. The number of hydrogen-bond acceptors (Lipinski definition) is 4. The van der Waals surface area contributed by atoms with Crippen LogP contribution < -0.4 is 14.8 Å². The van der Waals surface area contributed by atoms with E-state index in [0.29, 0.717) is 24.7 Å². The molecule has 0 aliphatic carbocycles. The maximum atomic E-state index is 12.2. The van der Waals surface area contributed by atoms with Crippen LogP contribution in [0.2, 0.25) is 0 Å². The summed E-state index contributed by atoms with van der Waals surface area (Å²) in [5.74, 6) is 0.918. The molecule has 0 saturated carbocycles. The van der Waals surface area contributed by atoms with E-state index in [9.17, 15) is 4.79 Å². The van der Waals surface area contributed by atoms with Crippen LogP contribution in [-0.4, -0.2) is 26.2 Å². The minimum atomic E-state index is -0.235. The molecule has 0 spiro atoms. The summed E-state index contributed by atoms with van der Waals surface area (Å²) in [4.78, 5) is 12.2.